The van der Waals surface area contributed by atoms with E-state index < -0.39 is 0 Å². The molecule has 1 saturated heterocycles. The van der Waals surface area contributed by atoms with E-state index in [1.165, 1.54) is 0 Å². The Hall–Kier alpha value is -3.26. The topological polar surface area (TPSA) is 87.5 Å². The molecular weight excluding hydrogens is 356 g/mol. The van der Waals surface area contributed by atoms with Gasteiger partial charge in [-0.05, 0) is 30.7 Å². The molecule has 8 nitrogen and oxygen atoms in total. The third kappa shape index (κ3) is 2.91. The molecule has 8 heteroatoms. The van der Waals surface area contributed by atoms with Crippen LogP contribution < -0.4 is 9.80 Å². The fraction of sp³-hybridized carbons (Fsp3) is 0.300. The summed E-state index contributed by atoms with van der Waals surface area (Å²) in [6.07, 6.45) is 5.97. The predicted molar refractivity (Wildman–Crippen MR) is 105 cm³/mol. The second kappa shape index (κ2) is 7.05. The van der Waals surface area contributed by atoms with Crippen LogP contribution in [0.25, 0.3) is 11.3 Å². The Morgan fingerprint density at radius 1 is 1.00 bits per heavy atom. The molecule has 0 aromatic carbocycles. The van der Waals surface area contributed by atoms with Gasteiger partial charge in [0, 0.05) is 37.6 Å². The zero-order chi connectivity index (χ0) is 18.9. The van der Waals surface area contributed by atoms with E-state index in [-0.39, 0.29) is 5.88 Å². The summed E-state index contributed by atoms with van der Waals surface area (Å²) < 4.78 is 5.47. The molecule has 5 rings (SSSR count). The fourth-order valence-electron chi connectivity index (χ4n) is 3.72. The van der Waals surface area contributed by atoms with Gasteiger partial charge >= 0.3 is 0 Å². The molecule has 3 aromatic heterocycles. The third-order valence-electron chi connectivity index (χ3n) is 5.11. The molecule has 3 aromatic rings. The first-order chi connectivity index (χ1) is 13.8. The molecule has 0 aliphatic carbocycles. The van der Waals surface area contributed by atoms with E-state index in [4.69, 9.17) is 14.7 Å². The Kier molecular flexibility index (Phi) is 4.25. The molecule has 0 unspecified atom stereocenters. The van der Waals surface area contributed by atoms with E-state index in [1.807, 2.05) is 30.5 Å². The molecule has 1 N–H and O–H groups in total. The first kappa shape index (κ1) is 16.9. The largest absolute Gasteiger partial charge is 0.493 e. The summed E-state index contributed by atoms with van der Waals surface area (Å²) in [5, 5.41) is 10.4. The van der Waals surface area contributed by atoms with Crippen LogP contribution in [-0.2, 0) is 11.2 Å². The first-order valence-corrected chi connectivity index (χ1v) is 9.37. The molecule has 0 atom stereocenters. The molecule has 142 valence electrons. The summed E-state index contributed by atoms with van der Waals surface area (Å²) in [7, 11) is 0. The van der Waals surface area contributed by atoms with E-state index in [0.717, 1.165) is 48.8 Å². The lowest BCUT2D eigenvalue weighted by atomic mass is 10.1. The van der Waals surface area contributed by atoms with Crippen molar-refractivity contribution in [1.82, 2.24) is 19.9 Å². The number of fused-ring (bicyclic) bond motifs is 1. The molecule has 1 fully saturated rings. The summed E-state index contributed by atoms with van der Waals surface area (Å²) >= 11 is 0. The van der Waals surface area contributed by atoms with E-state index in [2.05, 4.69) is 19.8 Å². The van der Waals surface area contributed by atoms with Crippen LogP contribution in [0, 0.1) is 0 Å². The molecule has 0 radical (unpaired) electrons. The molecule has 0 saturated carbocycles. The van der Waals surface area contributed by atoms with Crippen LogP contribution in [-0.4, -0.2) is 57.9 Å². The van der Waals surface area contributed by atoms with Gasteiger partial charge in [0.15, 0.2) is 0 Å². The SMILES string of the molecule is Oc1ncccc1-c1nc(N2CCOCC2)nc2c1CCN2c1cccnc1. The number of rotatable bonds is 3. The minimum absolute atomic E-state index is 0.0174. The van der Waals surface area contributed by atoms with Crippen LogP contribution in [0.15, 0.2) is 42.9 Å². The molecule has 0 amide bonds. The van der Waals surface area contributed by atoms with Gasteiger partial charge in [0.2, 0.25) is 11.8 Å². The van der Waals surface area contributed by atoms with Gasteiger partial charge in [-0.3, -0.25) is 4.98 Å². The number of pyridine rings is 2. The van der Waals surface area contributed by atoms with Gasteiger partial charge in [0.05, 0.1) is 36.4 Å². The Morgan fingerprint density at radius 3 is 2.64 bits per heavy atom. The first-order valence-electron chi connectivity index (χ1n) is 9.37. The summed E-state index contributed by atoms with van der Waals surface area (Å²) in [4.78, 5) is 22.3. The second-order valence-electron chi connectivity index (χ2n) is 6.76. The van der Waals surface area contributed by atoms with E-state index in [9.17, 15) is 5.11 Å². The van der Waals surface area contributed by atoms with Gasteiger partial charge in [-0.2, -0.15) is 4.98 Å². The Labute approximate surface area is 162 Å². The van der Waals surface area contributed by atoms with Crippen LogP contribution in [0.3, 0.4) is 0 Å². The average molecular weight is 376 g/mol. The van der Waals surface area contributed by atoms with Crippen LogP contribution in [0.4, 0.5) is 17.5 Å². The number of aromatic hydroxyl groups is 1. The van der Waals surface area contributed by atoms with Crippen molar-refractivity contribution < 1.29 is 9.84 Å². The minimum atomic E-state index is -0.0174. The minimum Gasteiger partial charge on any atom is -0.493 e. The lowest BCUT2D eigenvalue weighted by Gasteiger charge is -2.28. The van der Waals surface area contributed by atoms with Crippen LogP contribution in [0.1, 0.15) is 5.56 Å². The van der Waals surface area contributed by atoms with Crippen molar-refractivity contribution in [1.29, 1.82) is 0 Å². The lowest BCUT2D eigenvalue weighted by Crippen LogP contribution is -2.37. The second-order valence-corrected chi connectivity index (χ2v) is 6.76. The maximum atomic E-state index is 10.4. The molecule has 2 aliphatic heterocycles. The standard InChI is InChI=1S/C20H20N6O2/c27-19-16(4-2-7-22-19)17-15-5-8-26(14-3-1-6-21-13-14)18(15)24-20(23-17)25-9-11-28-12-10-25/h1-4,6-7,13H,5,8-12H2,(H,22,27). The molecule has 5 heterocycles. The molecular formula is C20H20N6O2. The van der Waals surface area contributed by atoms with Crippen LogP contribution in [0.2, 0.25) is 0 Å². The number of ether oxygens (including phenoxy) is 1. The maximum Gasteiger partial charge on any atom is 0.228 e. The zero-order valence-electron chi connectivity index (χ0n) is 15.3. The summed E-state index contributed by atoms with van der Waals surface area (Å²) in [5.74, 6) is 1.50. The smallest absolute Gasteiger partial charge is 0.228 e. The van der Waals surface area contributed by atoms with Gasteiger partial charge < -0.3 is 19.6 Å². The van der Waals surface area contributed by atoms with Gasteiger partial charge in [-0.1, -0.05) is 0 Å². The number of nitrogens with zero attached hydrogens (tertiary/aromatic N) is 6. The molecule has 0 spiro atoms. The highest BCUT2D eigenvalue weighted by atomic mass is 16.5. The number of anilines is 3. The summed E-state index contributed by atoms with van der Waals surface area (Å²) in [6, 6.07) is 7.61. The zero-order valence-corrected chi connectivity index (χ0v) is 15.3. The highest BCUT2D eigenvalue weighted by molar-refractivity contribution is 5.78. The van der Waals surface area contributed by atoms with Crippen LogP contribution in [0.5, 0.6) is 5.88 Å². The van der Waals surface area contributed by atoms with E-state index >= 15 is 0 Å². The van der Waals surface area contributed by atoms with Crippen LogP contribution >= 0.6 is 0 Å². The van der Waals surface area contributed by atoms with E-state index in [0.29, 0.717) is 24.7 Å². The van der Waals surface area contributed by atoms with Gasteiger partial charge in [-0.25, -0.2) is 9.97 Å². The highest BCUT2D eigenvalue weighted by Crippen LogP contribution is 2.40. The van der Waals surface area contributed by atoms with Crippen molar-refractivity contribution in [2.75, 3.05) is 42.6 Å². The fourth-order valence-corrected chi connectivity index (χ4v) is 3.72. The van der Waals surface area contributed by atoms with Crippen molar-refractivity contribution in [2.45, 2.75) is 6.42 Å². The third-order valence-corrected chi connectivity index (χ3v) is 5.11. The normalized spacial score (nSPS) is 16.3. The Morgan fingerprint density at radius 2 is 1.86 bits per heavy atom. The molecule has 2 aliphatic rings. The maximum absolute atomic E-state index is 10.4. The number of hydrogen-bond acceptors (Lipinski definition) is 8. The summed E-state index contributed by atoms with van der Waals surface area (Å²) in [5.41, 5.74) is 3.38. The van der Waals surface area contributed by atoms with Gasteiger partial charge in [0.1, 0.15) is 5.82 Å². The number of morpholine rings is 1. The molecule has 28 heavy (non-hydrogen) atoms. The van der Waals surface area contributed by atoms with Crippen molar-refractivity contribution in [2.24, 2.45) is 0 Å². The van der Waals surface area contributed by atoms with Gasteiger partial charge in [0.25, 0.3) is 0 Å². The quantitative estimate of drug-likeness (QED) is 0.744. The summed E-state index contributed by atoms with van der Waals surface area (Å²) in [6.45, 7) is 3.57. The lowest BCUT2D eigenvalue weighted by molar-refractivity contribution is 0.122. The number of hydrogen-bond donors (Lipinski definition) is 1. The number of aromatic nitrogens is 4. The predicted octanol–water partition coefficient (Wildman–Crippen LogP) is 2.17. The highest BCUT2D eigenvalue weighted by Gasteiger charge is 2.30. The monoisotopic (exact) mass is 376 g/mol. The average Bonchev–Trinajstić information content (AvgIpc) is 3.19. The van der Waals surface area contributed by atoms with Crippen molar-refractivity contribution in [3.8, 4) is 17.1 Å². The molecule has 0 bridgehead atoms. The van der Waals surface area contributed by atoms with Crippen molar-refractivity contribution >= 4 is 17.5 Å². The van der Waals surface area contributed by atoms with E-state index in [1.54, 1.807) is 12.4 Å². The van der Waals surface area contributed by atoms with Gasteiger partial charge in [-0.15, -0.1) is 0 Å². The van der Waals surface area contributed by atoms with Crippen molar-refractivity contribution in [3.63, 3.8) is 0 Å². The Bertz CT molecular complexity index is 991. The Balaban J connectivity index is 1.67. The van der Waals surface area contributed by atoms with Crippen molar-refractivity contribution in [3.05, 3.63) is 48.4 Å².